The summed E-state index contributed by atoms with van der Waals surface area (Å²) in [5.41, 5.74) is 7.23. The molecular weight excluding hydrogens is 516 g/mol. The fourth-order valence-corrected chi connectivity index (χ4v) is 4.49. The summed E-state index contributed by atoms with van der Waals surface area (Å²) in [6, 6.07) is 28.0. The normalized spacial score (nSPS) is 10.8. The summed E-state index contributed by atoms with van der Waals surface area (Å²) in [7, 11) is 0. The highest BCUT2D eigenvalue weighted by Gasteiger charge is 2.15. The Hall–Kier alpha value is -5.04. The molecule has 0 amide bonds. The lowest BCUT2D eigenvalue weighted by Gasteiger charge is -2.13. The molecule has 9 nitrogen and oxygen atoms in total. The van der Waals surface area contributed by atoms with E-state index in [9.17, 15) is 5.11 Å². The molecule has 3 N–H and O–H groups in total. The van der Waals surface area contributed by atoms with Crippen molar-refractivity contribution in [3.63, 3.8) is 0 Å². The third-order valence-electron chi connectivity index (χ3n) is 6.54. The summed E-state index contributed by atoms with van der Waals surface area (Å²) in [6.07, 6.45) is 2.28. The van der Waals surface area contributed by atoms with Gasteiger partial charge >= 0.3 is 6.01 Å². The minimum atomic E-state index is 0.0203. The van der Waals surface area contributed by atoms with Crippen LogP contribution in [-0.2, 0) is 13.0 Å². The third-order valence-corrected chi connectivity index (χ3v) is 6.54. The van der Waals surface area contributed by atoms with E-state index in [1.807, 2.05) is 61.5 Å². The molecule has 0 aliphatic carbocycles. The zero-order chi connectivity index (χ0) is 28.4. The van der Waals surface area contributed by atoms with Crippen molar-refractivity contribution < 1.29 is 14.3 Å². The van der Waals surface area contributed by atoms with Crippen molar-refractivity contribution in [3.8, 4) is 34.5 Å². The first kappa shape index (κ1) is 27.5. The van der Waals surface area contributed by atoms with Gasteiger partial charge in [-0.1, -0.05) is 59.7 Å². The standard InChI is InChI=1S/C32H30N6O3/c1-22-28(25-9-3-2-4-10-25)11-6-12-29(22)31-37-38-32(41-31)36-27-18-26(20-34-14-15-39)30(35-21-27)40-16-13-23-7-5-8-24(17-23)19-33/h2-12,17-18,21,34,39H,13-16,20H2,1H3,(H,36,38). The number of aliphatic hydroxyl groups is 1. The molecule has 41 heavy (non-hydrogen) atoms. The van der Waals surface area contributed by atoms with Gasteiger partial charge in [-0.2, -0.15) is 5.26 Å². The number of anilines is 2. The fraction of sp³-hybridized carbons (Fsp3) is 0.188. The Balaban J connectivity index is 1.30. The number of nitriles is 1. The van der Waals surface area contributed by atoms with Crippen molar-refractivity contribution in [2.75, 3.05) is 25.1 Å². The highest BCUT2D eigenvalue weighted by molar-refractivity contribution is 5.75. The molecule has 0 saturated carbocycles. The molecule has 0 aliphatic heterocycles. The van der Waals surface area contributed by atoms with Gasteiger partial charge in [-0.05, 0) is 53.4 Å². The number of ether oxygens (including phenoxy) is 1. The number of nitrogens with zero attached hydrogens (tertiary/aromatic N) is 4. The maximum Gasteiger partial charge on any atom is 0.320 e. The number of hydrogen-bond acceptors (Lipinski definition) is 9. The first-order chi connectivity index (χ1) is 20.1. The van der Waals surface area contributed by atoms with E-state index in [-0.39, 0.29) is 12.6 Å². The molecule has 0 aliphatic rings. The van der Waals surface area contributed by atoms with E-state index in [1.54, 1.807) is 12.3 Å². The van der Waals surface area contributed by atoms with Crippen molar-refractivity contribution in [2.45, 2.75) is 19.9 Å². The van der Waals surface area contributed by atoms with Crippen LogP contribution in [0.15, 0.2) is 89.5 Å². The number of rotatable bonds is 12. The van der Waals surface area contributed by atoms with Crippen LogP contribution >= 0.6 is 0 Å². The molecular formula is C32H30N6O3. The van der Waals surface area contributed by atoms with Gasteiger partial charge < -0.3 is 24.9 Å². The number of hydrogen-bond donors (Lipinski definition) is 3. The van der Waals surface area contributed by atoms with Crippen LogP contribution in [0.1, 0.15) is 22.3 Å². The summed E-state index contributed by atoms with van der Waals surface area (Å²) in [6.45, 7) is 3.35. The second-order valence-corrected chi connectivity index (χ2v) is 9.38. The lowest BCUT2D eigenvalue weighted by molar-refractivity contribution is 0.288. The van der Waals surface area contributed by atoms with E-state index in [1.165, 1.54) is 0 Å². The summed E-state index contributed by atoms with van der Waals surface area (Å²) in [5, 5.41) is 33.1. The Bertz CT molecular complexity index is 1650. The van der Waals surface area contributed by atoms with Crippen molar-refractivity contribution in [2.24, 2.45) is 0 Å². The van der Waals surface area contributed by atoms with Crippen molar-refractivity contribution in [1.82, 2.24) is 20.5 Å². The summed E-state index contributed by atoms with van der Waals surface area (Å²) < 4.78 is 12.0. The number of pyridine rings is 1. The van der Waals surface area contributed by atoms with E-state index in [0.29, 0.717) is 49.1 Å². The quantitative estimate of drug-likeness (QED) is 0.176. The van der Waals surface area contributed by atoms with Crippen LogP contribution in [0, 0.1) is 18.3 Å². The van der Waals surface area contributed by atoms with Crippen molar-refractivity contribution >= 4 is 11.7 Å². The Kier molecular flexibility index (Phi) is 8.96. The summed E-state index contributed by atoms with van der Waals surface area (Å²) >= 11 is 0. The first-order valence-electron chi connectivity index (χ1n) is 13.3. The summed E-state index contributed by atoms with van der Waals surface area (Å²) in [4.78, 5) is 4.51. The second-order valence-electron chi connectivity index (χ2n) is 9.38. The maximum absolute atomic E-state index is 9.20. The molecule has 9 heteroatoms. The topological polar surface area (TPSA) is 129 Å². The van der Waals surface area contributed by atoms with Crippen LogP contribution in [0.3, 0.4) is 0 Å². The highest BCUT2D eigenvalue weighted by atomic mass is 16.5. The largest absolute Gasteiger partial charge is 0.477 e. The minimum Gasteiger partial charge on any atom is -0.477 e. The SMILES string of the molecule is Cc1c(-c2ccccc2)cccc1-c1nnc(Nc2cnc(OCCc3cccc(C#N)c3)c(CNCCO)c2)o1. The van der Waals surface area contributed by atoms with Crippen molar-refractivity contribution in [3.05, 3.63) is 107 Å². The molecule has 0 bridgehead atoms. The summed E-state index contributed by atoms with van der Waals surface area (Å²) in [5.74, 6) is 0.901. The minimum absolute atomic E-state index is 0.0203. The molecule has 0 atom stereocenters. The Morgan fingerprint density at radius 3 is 2.63 bits per heavy atom. The Morgan fingerprint density at radius 1 is 0.976 bits per heavy atom. The van der Waals surface area contributed by atoms with E-state index < -0.39 is 0 Å². The van der Waals surface area contributed by atoms with Gasteiger partial charge in [0.05, 0.1) is 36.7 Å². The van der Waals surface area contributed by atoms with E-state index in [4.69, 9.17) is 14.4 Å². The Morgan fingerprint density at radius 2 is 1.80 bits per heavy atom. The maximum atomic E-state index is 9.20. The van der Waals surface area contributed by atoms with Crippen LogP contribution in [-0.4, -0.2) is 40.0 Å². The zero-order valence-electron chi connectivity index (χ0n) is 22.7. The van der Waals surface area contributed by atoms with Gasteiger partial charge in [0, 0.05) is 30.6 Å². The Labute approximate surface area is 238 Å². The van der Waals surface area contributed by atoms with Crippen LogP contribution in [0.25, 0.3) is 22.6 Å². The molecule has 5 rings (SSSR count). The molecule has 206 valence electrons. The third kappa shape index (κ3) is 6.94. The van der Waals surface area contributed by atoms with Crippen molar-refractivity contribution in [1.29, 1.82) is 5.26 Å². The van der Waals surface area contributed by atoms with Gasteiger partial charge in [0.25, 0.3) is 0 Å². The van der Waals surface area contributed by atoms with Crippen LogP contribution in [0.2, 0.25) is 0 Å². The number of nitrogens with one attached hydrogen (secondary N) is 2. The highest BCUT2D eigenvalue weighted by Crippen LogP contribution is 2.32. The lowest BCUT2D eigenvalue weighted by Crippen LogP contribution is -2.18. The smallest absolute Gasteiger partial charge is 0.320 e. The first-order valence-corrected chi connectivity index (χ1v) is 13.3. The average molecular weight is 547 g/mol. The molecule has 2 heterocycles. The van der Waals surface area contributed by atoms with Crippen LogP contribution in [0.4, 0.5) is 11.7 Å². The molecule has 0 fully saturated rings. The molecule has 0 saturated heterocycles. The molecule has 3 aromatic carbocycles. The average Bonchev–Trinajstić information content (AvgIpc) is 3.47. The van der Waals surface area contributed by atoms with Gasteiger partial charge in [-0.3, -0.25) is 0 Å². The predicted molar refractivity (Wildman–Crippen MR) is 157 cm³/mol. The fourth-order valence-electron chi connectivity index (χ4n) is 4.49. The van der Waals surface area contributed by atoms with Gasteiger partial charge in [-0.25, -0.2) is 4.98 Å². The van der Waals surface area contributed by atoms with E-state index in [2.05, 4.69) is 50.1 Å². The van der Waals surface area contributed by atoms with Gasteiger partial charge in [0.1, 0.15) is 0 Å². The number of aliphatic hydroxyl groups excluding tert-OH is 1. The number of benzene rings is 3. The molecule has 0 radical (unpaired) electrons. The molecule has 0 spiro atoms. The van der Waals surface area contributed by atoms with Gasteiger partial charge in [0.15, 0.2) is 0 Å². The van der Waals surface area contributed by atoms with E-state index in [0.717, 1.165) is 33.4 Å². The molecule has 2 aromatic heterocycles. The van der Waals surface area contributed by atoms with Gasteiger partial charge in [-0.15, -0.1) is 5.10 Å². The van der Waals surface area contributed by atoms with Crippen LogP contribution in [0.5, 0.6) is 5.88 Å². The predicted octanol–water partition coefficient (Wildman–Crippen LogP) is 5.43. The van der Waals surface area contributed by atoms with Gasteiger partial charge in [0.2, 0.25) is 11.8 Å². The van der Waals surface area contributed by atoms with Crippen LogP contribution < -0.4 is 15.4 Å². The number of aromatic nitrogens is 3. The molecule has 0 unspecified atom stereocenters. The molecule has 5 aromatic rings. The lowest BCUT2D eigenvalue weighted by atomic mass is 9.96. The monoisotopic (exact) mass is 546 g/mol. The van der Waals surface area contributed by atoms with E-state index >= 15 is 0 Å². The zero-order valence-corrected chi connectivity index (χ0v) is 22.7. The second kappa shape index (κ2) is 13.3.